The van der Waals surface area contributed by atoms with E-state index < -0.39 is 0 Å². The number of aromatic nitrogens is 5. The van der Waals surface area contributed by atoms with Gasteiger partial charge in [-0.3, -0.25) is 4.79 Å². The second-order valence-corrected chi connectivity index (χ2v) is 3.74. The topological polar surface area (TPSA) is 82.7 Å². The first-order chi connectivity index (χ1) is 10.4. The third-order valence-corrected chi connectivity index (χ3v) is 2.04. The van der Waals surface area contributed by atoms with Crippen LogP contribution in [-0.4, -0.2) is 24.5 Å². The summed E-state index contributed by atoms with van der Waals surface area (Å²) in [5.74, 6) is 0. The summed E-state index contributed by atoms with van der Waals surface area (Å²) in [6.45, 7) is 11.6. The van der Waals surface area contributed by atoms with Crippen molar-refractivity contribution in [3.63, 3.8) is 0 Å². The van der Waals surface area contributed by atoms with E-state index in [0.29, 0.717) is 0 Å². The molecule has 2 aromatic heterocycles. The summed E-state index contributed by atoms with van der Waals surface area (Å²) in [4.78, 5) is 24.8. The van der Waals surface area contributed by atoms with Gasteiger partial charge >= 0.3 is 5.69 Å². The maximum Gasteiger partial charge on any atom is 0.363 e. The van der Waals surface area contributed by atoms with E-state index in [1.54, 1.807) is 27.1 Å². The quantitative estimate of drug-likeness (QED) is 0.738. The molecule has 0 radical (unpaired) electrons. The summed E-state index contributed by atoms with van der Waals surface area (Å²) in [6, 6.07) is 3.20. The normalized spacial score (nSPS) is 8.36. The Morgan fingerprint density at radius 2 is 1.32 bits per heavy atom. The van der Waals surface area contributed by atoms with E-state index >= 15 is 0 Å². The molecule has 0 bridgehead atoms. The summed E-state index contributed by atoms with van der Waals surface area (Å²) in [5, 5.41) is 7.69. The molecular formula is C15H27N5O2. The maximum atomic E-state index is 10.7. The molecule has 0 aromatic carbocycles. The van der Waals surface area contributed by atoms with E-state index in [2.05, 4.69) is 15.2 Å². The van der Waals surface area contributed by atoms with Crippen LogP contribution >= 0.6 is 0 Å². The van der Waals surface area contributed by atoms with Crippen LogP contribution in [0.2, 0.25) is 0 Å². The van der Waals surface area contributed by atoms with Crippen LogP contribution in [0.4, 0.5) is 0 Å². The minimum atomic E-state index is -0.319. The molecule has 0 spiro atoms. The van der Waals surface area contributed by atoms with Gasteiger partial charge in [0.15, 0.2) is 0 Å². The summed E-state index contributed by atoms with van der Waals surface area (Å²) >= 11 is 0. The van der Waals surface area contributed by atoms with Gasteiger partial charge in [-0.05, 0) is 19.9 Å². The Bertz CT molecular complexity index is 589. The highest BCUT2D eigenvalue weighted by Gasteiger charge is 1.89. The summed E-state index contributed by atoms with van der Waals surface area (Å²) in [6.07, 6.45) is 1.45. The van der Waals surface area contributed by atoms with Crippen molar-refractivity contribution in [3.05, 3.63) is 50.6 Å². The Kier molecular flexibility index (Phi) is 12.4. The van der Waals surface area contributed by atoms with Crippen LogP contribution in [0.5, 0.6) is 0 Å². The van der Waals surface area contributed by atoms with Crippen molar-refractivity contribution >= 4 is 0 Å². The SMILES string of the molecule is CC.CC.Cc1ccc(=O)n(C)n1.Cc1cnc(=O)n(C)n1. The van der Waals surface area contributed by atoms with Crippen LogP contribution in [0.3, 0.4) is 0 Å². The predicted octanol–water partition coefficient (Wildman–Crippen LogP) is 1.62. The van der Waals surface area contributed by atoms with Crippen LogP contribution < -0.4 is 11.2 Å². The summed E-state index contributed by atoms with van der Waals surface area (Å²) < 4.78 is 2.52. The van der Waals surface area contributed by atoms with Crippen molar-refractivity contribution in [2.75, 3.05) is 0 Å². The minimum Gasteiger partial charge on any atom is -0.268 e. The molecule has 2 aromatic rings. The van der Waals surface area contributed by atoms with E-state index in [9.17, 15) is 9.59 Å². The van der Waals surface area contributed by atoms with Crippen LogP contribution in [0, 0.1) is 13.8 Å². The van der Waals surface area contributed by atoms with E-state index in [-0.39, 0.29) is 11.2 Å². The Labute approximate surface area is 131 Å². The van der Waals surface area contributed by atoms with Crippen LogP contribution in [0.25, 0.3) is 0 Å². The molecule has 0 amide bonds. The number of hydrogen-bond acceptors (Lipinski definition) is 5. The van der Waals surface area contributed by atoms with Gasteiger partial charge in [-0.25, -0.2) is 14.2 Å². The van der Waals surface area contributed by atoms with E-state index in [4.69, 9.17) is 0 Å². The van der Waals surface area contributed by atoms with Gasteiger partial charge in [0.05, 0.1) is 17.6 Å². The lowest BCUT2D eigenvalue weighted by Gasteiger charge is -1.93. The van der Waals surface area contributed by atoms with Crippen molar-refractivity contribution in [3.8, 4) is 0 Å². The zero-order chi connectivity index (χ0) is 17.7. The van der Waals surface area contributed by atoms with Crippen LogP contribution in [-0.2, 0) is 14.1 Å². The first-order valence-corrected chi connectivity index (χ1v) is 7.28. The molecule has 124 valence electrons. The Morgan fingerprint density at radius 3 is 1.68 bits per heavy atom. The minimum absolute atomic E-state index is 0.0689. The van der Waals surface area contributed by atoms with E-state index in [1.807, 2.05) is 34.6 Å². The van der Waals surface area contributed by atoms with Gasteiger partial charge < -0.3 is 0 Å². The number of aryl methyl sites for hydroxylation is 4. The fraction of sp³-hybridized carbons (Fsp3) is 0.533. The number of rotatable bonds is 0. The predicted molar refractivity (Wildman–Crippen MR) is 88.9 cm³/mol. The fourth-order valence-electron chi connectivity index (χ4n) is 1.16. The van der Waals surface area contributed by atoms with E-state index in [1.165, 1.54) is 21.6 Å². The van der Waals surface area contributed by atoms with Crippen molar-refractivity contribution in [1.82, 2.24) is 24.5 Å². The lowest BCUT2D eigenvalue weighted by atomic mass is 10.4. The molecule has 0 saturated heterocycles. The number of hydrogen-bond donors (Lipinski definition) is 0. The van der Waals surface area contributed by atoms with Crippen LogP contribution in [0.1, 0.15) is 39.1 Å². The molecule has 2 rings (SSSR count). The molecule has 0 saturated carbocycles. The van der Waals surface area contributed by atoms with Gasteiger partial charge in [0, 0.05) is 20.2 Å². The van der Waals surface area contributed by atoms with Gasteiger partial charge in [-0.2, -0.15) is 15.2 Å². The molecule has 7 heteroatoms. The zero-order valence-corrected chi connectivity index (χ0v) is 14.8. The molecule has 0 aliphatic rings. The van der Waals surface area contributed by atoms with Gasteiger partial charge in [0.25, 0.3) is 5.56 Å². The summed E-state index contributed by atoms with van der Waals surface area (Å²) in [7, 11) is 3.21. The molecule has 0 fully saturated rings. The molecule has 0 N–H and O–H groups in total. The first-order valence-electron chi connectivity index (χ1n) is 7.28. The average Bonchev–Trinajstić information content (AvgIpc) is 2.52. The molecule has 0 aliphatic carbocycles. The van der Waals surface area contributed by atoms with Gasteiger partial charge in [0.1, 0.15) is 0 Å². The maximum absolute atomic E-state index is 10.7. The lowest BCUT2D eigenvalue weighted by molar-refractivity contribution is 0.659. The zero-order valence-electron chi connectivity index (χ0n) is 14.8. The fourth-order valence-corrected chi connectivity index (χ4v) is 1.16. The van der Waals surface area contributed by atoms with Gasteiger partial charge in [0.2, 0.25) is 0 Å². The lowest BCUT2D eigenvalue weighted by Crippen LogP contribution is -2.22. The Hall–Kier alpha value is -2.31. The molecule has 0 unspecified atom stereocenters. The summed E-state index contributed by atoms with van der Waals surface area (Å²) in [5.41, 5.74) is 1.22. The molecule has 22 heavy (non-hydrogen) atoms. The molecule has 7 nitrogen and oxygen atoms in total. The average molecular weight is 309 g/mol. The van der Waals surface area contributed by atoms with Crippen LogP contribution in [0.15, 0.2) is 27.9 Å². The monoisotopic (exact) mass is 309 g/mol. The van der Waals surface area contributed by atoms with Gasteiger partial charge in [-0.1, -0.05) is 27.7 Å². The third-order valence-electron chi connectivity index (χ3n) is 2.04. The highest BCUT2D eigenvalue weighted by atomic mass is 16.1. The highest BCUT2D eigenvalue weighted by Crippen LogP contribution is 1.81. The smallest absolute Gasteiger partial charge is 0.268 e. The van der Waals surface area contributed by atoms with Crippen molar-refractivity contribution in [2.24, 2.45) is 14.1 Å². The second kappa shape index (κ2) is 12.4. The Balaban J connectivity index is 0. The molecule has 0 atom stereocenters. The standard InChI is InChI=1S/C6H8N2O.C5H7N3O.2C2H6/c1-5-3-4-6(9)8(2)7-5;1-4-3-6-5(9)8(2)7-4;2*1-2/h3-4H,1-2H3;3H,1-2H3;2*1-2H3. The van der Waals surface area contributed by atoms with Gasteiger partial charge in [-0.15, -0.1) is 0 Å². The third kappa shape index (κ3) is 8.78. The number of nitrogens with zero attached hydrogens (tertiary/aromatic N) is 5. The molecule has 2 heterocycles. The Morgan fingerprint density at radius 1 is 0.818 bits per heavy atom. The molecular weight excluding hydrogens is 282 g/mol. The largest absolute Gasteiger partial charge is 0.363 e. The highest BCUT2D eigenvalue weighted by molar-refractivity contribution is 4.96. The van der Waals surface area contributed by atoms with E-state index in [0.717, 1.165) is 11.4 Å². The first kappa shape index (κ1) is 22.0. The van der Waals surface area contributed by atoms with Crippen molar-refractivity contribution in [2.45, 2.75) is 41.5 Å². The van der Waals surface area contributed by atoms with Crippen molar-refractivity contribution < 1.29 is 0 Å². The second-order valence-electron chi connectivity index (χ2n) is 3.74. The molecule has 0 aliphatic heterocycles. The van der Waals surface area contributed by atoms with Crippen molar-refractivity contribution in [1.29, 1.82) is 0 Å².